The molecule has 0 aliphatic heterocycles. The Hall–Kier alpha value is -0.910. The van der Waals surface area contributed by atoms with Gasteiger partial charge >= 0.3 is 12.0 Å². The van der Waals surface area contributed by atoms with E-state index in [2.05, 4.69) is 10.6 Å². The monoisotopic (exact) mass is 232 g/mol. The van der Waals surface area contributed by atoms with E-state index in [1.807, 2.05) is 6.26 Å². The van der Waals surface area contributed by atoms with Gasteiger partial charge in [0.15, 0.2) is 0 Å². The third-order valence-electron chi connectivity index (χ3n) is 2.67. The Morgan fingerprint density at radius 2 is 2.07 bits per heavy atom. The Balaban J connectivity index is 2.18. The van der Waals surface area contributed by atoms with Crippen molar-refractivity contribution in [2.75, 3.05) is 19.3 Å². The largest absolute Gasteiger partial charge is 0.480 e. The van der Waals surface area contributed by atoms with Crippen molar-refractivity contribution in [3.05, 3.63) is 0 Å². The molecule has 0 atom stereocenters. The third-order valence-corrected chi connectivity index (χ3v) is 4.09. The van der Waals surface area contributed by atoms with Gasteiger partial charge < -0.3 is 15.7 Å². The van der Waals surface area contributed by atoms with Crippen molar-refractivity contribution < 1.29 is 14.7 Å². The molecule has 0 unspecified atom stereocenters. The van der Waals surface area contributed by atoms with Crippen molar-refractivity contribution in [3.63, 3.8) is 0 Å². The van der Waals surface area contributed by atoms with E-state index in [-0.39, 0.29) is 11.3 Å². The molecule has 0 spiro atoms. The minimum atomic E-state index is -1.03. The van der Waals surface area contributed by atoms with Gasteiger partial charge in [-0.25, -0.2) is 4.79 Å². The number of thioether (sulfide) groups is 1. The number of nitrogens with one attached hydrogen (secondary N) is 2. The van der Waals surface area contributed by atoms with Gasteiger partial charge in [0.1, 0.15) is 6.54 Å². The molecule has 1 aliphatic rings. The summed E-state index contributed by atoms with van der Waals surface area (Å²) in [6.45, 7) is 0.276. The van der Waals surface area contributed by atoms with Crippen LogP contribution in [0.1, 0.15) is 19.3 Å². The zero-order valence-electron chi connectivity index (χ0n) is 8.71. The summed E-state index contributed by atoms with van der Waals surface area (Å²) in [5.74, 6) is -1.03. The Morgan fingerprint density at radius 1 is 1.40 bits per heavy atom. The van der Waals surface area contributed by atoms with Crippen molar-refractivity contribution in [2.24, 2.45) is 0 Å². The fraction of sp³-hybridized carbons (Fsp3) is 0.778. The van der Waals surface area contributed by atoms with Gasteiger partial charge in [0, 0.05) is 11.3 Å². The van der Waals surface area contributed by atoms with Gasteiger partial charge in [-0.05, 0) is 19.1 Å². The Labute approximate surface area is 93.0 Å². The van der Waals surface area contributed by atoms with E-state index in [0.29, 0.717) is 6.54 Å². The van der Waals surface area contributed by atoms with Crippen molar-refractivity contribution in [2.45, 2.75) is 24.0 Å². The maximum absolute atomic E-state index is 11.2. The maximum Gasteiger partial charge on any atom is 0.323 e. The first-order chi connectivity index (χ1) is 7.08. The number of hydrogen-bond donors (Lipinski definition) is 3. The number of carboxylic acids is 1. The van der Waals surface area contributed by atoms with Crippen LogP contribution in [0.15, 0.2) is 0 Å². The highest BCUT2D eigenvalue weighted by Gasteiger charge is 2.36. The molecule has 2 amide bonds. The fourth-order valence-electron chi connectivity index (χ4n) is 1.48. The Morgan fingerprint density at radius 3 is 2.47 bits per heavy atom. The molecule has 1 aliphatic carbocycles. The van der Waals surface area contributed by atoms with Gasteiger partial charge in [-0.1, -0.05) is 6.42 Å². The lowest BCUT2D eigenvalue weighted by Crippen LogP contribution is -2.48. The lowest BCUT2D eigenvalue weighted by molar-refractivity contribution is -0.135. The lowest BCUT2D eigenvalue weighted by atomic mass is 9.84. The van der Waals surface area contributed by atoms with E-state index in [0.717, 1.165) is 12.8 Å². The minimum absolute atomic E-state index is 0.181. The lowest BCUT2D eigenvalue weighted by Gasteiger charge is -2.40. The molecule has 3 N–H and O–H groups in total. The standard InChI is InChI=1S/C9H16N2O3S/c1-15-9(3-2-4-9)6-11-8(14)10-5-7(12)13/h2-6H2,1H3,(H,12,13)(H2,10,11,14). The van der Waals surface area contributed by atoms with E-state index in [1.165, 1.54) is 6.42 Å². The zero-order chi connectivity index (χ0) is 11.3. The SMILES string of the molecule is CSC1(CNC(=O)NCC(=O)O)CCC1. The molecule has 1 saturated carbocycles. The average molecular weight is 232 g/mol. The van der Waals surface area contributed by atoms with Gasteiger partial charge in [0.2, 0.25) is 0 Å². The maximum atomic E-state index is 11.2. The topological polar surface area (TPSA) is 78.4 Å². The molecule has 0 heterocycles. The molecule has 1 rings (SSSR count). The van der Waals surface area contributed by atoms with Crippen LogP contribution >= 0.6 is 11.8 Å². The molecule has 0 aromatic heterocycles. The van der Waals surface area contributed by atoms with Gasteiger partial charge in [-0.3, -0.25) is 4.79 Å². The molecule has 0 saturated heterocycles. The minimum Gasteiger partial charge on any atom is -0.480 e. The van der Waals surface area contributed by atoms with Crippen LogP contribution in [0.3, 0.4) is 0 Å². The van der Waals surface area contributed by atoms with Gasteiger partial charge in [-0.15, -0.1) is 0 Å². The fourth-order valence-corrected chi connectivity index (χ4v) is 2.40. The van der Waals surface area contributed by atoms with Crippen LogP contribution in [-0.2, 0) is 4.79 Å². The van der Waals surface area contributed by atoms with E-state index in [1.54, 1.807) is 11.8 Å². The number of carboxylic acid groups (broad SMARTS) is 1. The molecule has 5 nitrogen and oxygen atoms in total. The number of hydrogen-bond acceptors (Lipinski definition) is 3. The molecule has 0 aromatic carbocycles. The molecular formula is C9H16N2O3S. The number of aliphatic carboxylic acids is 1. The normalized spacial score (nSPS) is 17.7. The van der Waals surface area contributed by atoms with Gasteiger partial charge in [-0.2, -0.15) is 11.8 Å². The summed E-state index contributed by atoms with van der Waals surface area (Å²) < 4.78 is 0.181. The summed E-state index contributed by atoms with van der Waals surface area (Å²) in [6, 6.07) is -0.405. The van der Waals surface area contributed by atoms with Crippen molar-refractivity contribution in [3.8, 4) is 0 Å². The highest BCUT2D eigenvalue weighted by Crippen LogP contribution is 2.42. The van der Waals surface area contributed by atoms with Crippen LogP contribution in [0.5, 0.6) is 0 Å². The smallest absolute Gasteiger partial charge is 0.323 e. The summed E-state index contributed by atoms with van der Waals surface area (Å²) in [5.41, 5.74) is 0. The summed E-state index contributed by atoms with van der Waals surface area (Å²) in [4.78, 5) is 21.3. The number of carbonyl (C=O) groups is 2. The number of rotatable bonds is 5. The van der Waals surface area contributed by atoms with Crippen LogP contribution in [0.4, 0.5) is 4.79 Å². The second-order valence-corrected chi connectivity index (χ2v) is 4.94. The van der Waals surface area contributed by atoms with Crippen molar-refractivity contribution in [1.82, 2.24) is 10.6 Å². The zero-order valence-corrected chi connectivity index (χ0v) is 9.52. The Kier molecular flexibility index (Phi) is 4.26. The number of amides is 2. The number of carbonyl (C=O) groups excluding carboxylic acids is 1. The first-order valence-corrected chi connectivity index (χ1v) is 6.09. The van der Waals surface area contributed by atoms with E-state index in [4.69, 9.17) is 5.11 Å². The molecule has 0 radical (unpaired) electrons. The van der Waals surface area contributed by atoms with Crippen LogP contribution < -0.4 is 10.6 Å². The van der Waals surface area contributed by atoms with Crippen LogP contribution in [0, 0.1) is 0 Å². The van der Waals surface area contributed by atoms with E-state index < -0.39 is 12.0 Å². The first-order valence-electron chi connectivity index (χ1n) is 4.87. The first kappa shape index (κ1) is 12.2. The Bertz CT molecular complexity index is 248. The second-order valence-electron chi connectivity index (χ2n) is 3.67. The highest BCUT2D eigenvalue weighted by atomic mass is 32.2. The molecule has 1 fully saturated rings. The van der Waals surface area contributed by atoms with Crippen LogP contribution in [-0.4, -0.2) is 41.2 Å². The van der Waals surface area contributed by atoms with E-state index in [9.17, 15) is 9.59 Å². The quantitative estimate of drug-likeness (QED) is 0.650. The summed E-state index contributed by atoms with van der Waals surface area (Å²) in [7, 11) is 0. The highest BCUT2D eigenvalue weighted by molar-refractivity contribution is 8.00. The molecule has 86 valence electrons. The second kappa shape index (κ2) is 5.25. The predicted molar refractivity (Wildman–Crippen MR) is 59.1 cm³/mol. The van der Waals surface area contributed by atoms with Gasteiger partial charge in [0.05, 0.1) is 0 Å². The van der Waals surface area contributed by atoms with Crippen LogP contribution in [0.2, 0.25) is 0 Å². The van der Waals surface area contributed by atoms with Crippen molar-refractivity contribution >= 4 is 23.8 Å². The predicted octanol–water partition coefficient (Wildman–Crippen LogP) is 0.656. The molecule has 0 aromatic rings. The molecule has 15 heavy (non-hydrogen) atoms. The molecular weight excluding hydrogens is 216 g/mol. The van der Waals surface area contributed by atoms with Gasteiger partial charge in [0.25, 0.3) is 0 Å². The molecule has 0 bridgehead atoms. The number of urea groups is 1. The molecule has 6 heteroatoms. The van der Waals surface area contributed by atoms with Crippen LogP contribution in [0.25, 0.3) is 0 Å². The summed E-state index contributed by atoms with van der Waals surface area (Å²) in [5, 5.41) is 13.3. The third kappa shape index (κ3) is 3.62. The average Bonchev–Trinajstić information content (AvgIpc) is 2.14. The van der Waals surface area contributed by atoms with Crippen molar-refractivity contribution in [1.29, 1.82) is 0 Å². The summed E-state index contributed by atoms with van der Waals surface area (Å²) >= 11 is 1.77. The summed E-state index contributed by atoms with van der Waals surface area (Å²) in [6.07, 6.45) is 5.48. The van der Waals surface area contributed by atoms with E-state index >= 15 is 0 Å².